The number of ether oxygens (including phenoxy) is 1. The van der Waals surface area contributed by atoms with Crippen LogP contribution in [0, 0.1) is 0 Å². The summed E-state index contributed by atoms with van der Waals surface area (Å²) < 4.78 is 5.91. The van der Waals surface area contributed by atoms with E-state index in [-0.39, 0.29) is 17.4 Å². The summed E-state index contributed by atoms with van der Waals surface area (Å²) in [5.74, 6) is -0.0294. The minimum absolute atomic E-state index is 0.0294. The van der Waals surface area contributed by atoms with Crippen LogP contribution in [-0.2, 0) is 11.3 Å². The fourth-order valence-electron chi connectivity index (χ4n) is 1.11. The summed E-state index contributed by atoms with van der Waals surface area (Å²) in [6.45, 7) is 4.31. The number of hydrogen-bond acceptors (Lipinski definition) is 3. The van der Waals surface area contributed by atoms with Gasteiger partial charge in [0.25, 0.3) is 0 Å². The van der Waals surface area contributed by atoms with Crippen molar-refractivity contribution in [3.63, 3.8) is 0 Å². The van der Waals surface area contributed by atoms with Gasteiger partial charge in [0.2, 0.25) is 0 Å². The standard InChI is InChI=1S/C11H13BrO3/c1-7(2)15-6-8-3-9(5-13)11(14)10(12)4-8/h3-5,7,14H,6H2,1-2H3. The molecule has 0 saturated carbocycles. The summed E-state index contributed by atoms with van der Waals surface area (Å²) in [4.78, 5) is 10.6. The molecule has 1 rings (SSSR count). The van der Waals surface area contributed by atoms with Crippen molar-refractivity contribution in [2.24, 2.45) is 0 Å². The second kappa shape index (κ2) is 5.28. The van der Waals surface area contributed by atoms with Gasteiger partial charge in [-0.3, -0.25) is 4.79 Å². The quantitative estimate of drug-likeness (QED) is 0.858. The van der Waals surface area contributed by atoms with Gasteiger partial charge >= 0.3 is 0 Å². The van der Waals surface area contributed by atoms with Crippen LogP contribution in [0.4, 0.5) is 0 Å². The Kier molecular flexibility index (Phi) is 4.29. The summed E-state index contributed by atoms with van der Waals surface area (Å²) in [6, 6.07) is 3.36. The van der Waals surface area contributed by atoms with Crippen LogP contribution in [0.1, 0.15) is 29.8 Å². The maximum atomic E-state index is 10.6. The minimum atomic E-state index is -0.0294. The summed E-state index contributed by atoms with van der Waals surface area (Å²) in [5, 5.41) is 9.48. The summed E-state index contributed by atoms with van der Waals surface area (Å²) in [6.07, 6.45) is 0.760. The Balaban J connectivity index is 2.90. The number of phenolic OH excluding ortho intramolecular Hbond substituents is 1. The van der Waals surface area contributed by atoms with E-state index >= 15 is 0 Å². The molecular formula is C11H13BrO3. The Bertz CT molecular complexity index is 361. The SMILES string of the molecule is CC(C)OCc1cc(Br)c(O)c(C=O)c1. The number of carbonyl (C=O) groups excluding carboxylic acids is 1. The van der Waals surface area contributed by atoms with Gasteiger partial charge in [0.05, 0.1) is 22.7 Å². The predicted molar refractivity (Wildman–Crippen MR) is 61.1 cm³/mol. The third kappa shape index (κ3) is 3.32. The fourth-order valence-corrected chi connectivity index (χ4v) is 1.64. The van der Waals surface area contributed by atoms with Crippen molar-refractivity contribution in [2.75, 3.05) is 0 Å². The highest BCUT2D eigenvalue weighted by atomic mass is 79.9. The zero-order chi connectivity index (χ0) is 11.4. The molecule has 1 aromatic rings. The Morgan fingerprint density at radius 2 is 2.20 bits per heavy atom. The van der Waals surface area contributed by atoms with Crippen LogP contribution < -0.4 is 0 Å². The number of halogens is 1. The summed E-state index contributed by atoms with van der Waals surface area (Å²) in [7, 11) is 0. The molecule has 0 aliphatic heterocycles. The first-order valence-corrected chi connectivity index (χ1v) is 5.42. The number of rotatable bonds is 4. The van der Waals surface area contributed by atoms with E-state index < -0.39 is 0 Å². The molecule has 0 aromatic heterocycles. The average molecular weight is 273 g/mol. The molecule has 0 bridgehead atoms. The maximum Gasteiger partial charge on any atom is 0.153 e. The molecule has 0 unspecified atom stereocenters. The van der Waals surface area contributed by atoms with Gasteiger partial charge in [-0.25, -0.2) is 0 Å². The molecule has 0 radical (unpaired) electrons. The van der Waals surface area contributed by atoms with E-state index in [4.69, 9.17) is 4.74 Å². The molecule has 0 atom stereocenters. The number of aromatic hydroxyl groups is 1. The lowest BCUT2D eigenvalue weighted by Crippen LogP contribution is -2.02. The molecule has 0 spiro atoms. The molecular weight excluding hydrogens is 260 g/mol. The van der Waals surface area contributed by atoms with E-state index in [9.17, 15) is 9.90 Å². The molecule has 4 heteroatoms. The van der Waals surface area contributed by atoms with E-state index in [2.05, 4.69) is 15.9 Å². The Morgan fingerprint density at radius 3 is 2.73 bits per heavy atom. The van der Waals surface area contributed by atoms with Crippen LogP contribution in [0.2, 0.25) is 0 Å². The van der Waals surface area contributed by atoms with E-state index in [0.29, 0.717) is 17.4 Å². The molecule has 3 nitrogen and oxygen atoms in total. The molecule has 0 fully saturated rings. The van der Waals surface area contributed by atoms with Gasteiger partial charge in [0.15, 0.2) is 6.29 Å². The van der Waals surface area contributed by atoms with E-state index in [1.807, 2.05) is 13.8 Å². The first-order valence-electron chi connectivity index (χ1n) is 4.62. The molecule has 0 amide bonds. The monoisotopic (exact) mass is 272 g/mol. The second-order valence-corrected chi connectivity index (χ2v) is 4.35. The van der Waals surface area contributed by atoms with Crippen molar-refractivity contribution in [3.05, 3.63) is 27.7 Å². The lowest BCUT2D eigenvalue weighted by atomic mass is 10.1. The van der Waals surface area contributed by atoms with Crippen molar-refractivity contribution in [2.45, 2.75) is 26.6 Å². The van der Waals surface area contributed by atoms with Crippen molar-refractivity contribution in [1.82, 2.24) is 0 Å². The van der Waals surface area contributed by atoms with Gasteiger partial charge in [-0.05, 0) is 47.5 Å². The lowest BCUT2D eigenvalue weighted by molar-refractivity contribution is 0.0656. The summed E-state index contributed by atoms with van der Waals surface area (Å²) in [5.41, 5.74) is 1.13. The highest BCUT2D eigenvalue weighted by Crippen LogP contribution is 2.28. The maximum absolute atomic E-state index is 10.6. The number of carbonyl (C=O) groups is 1. The van der Waals surface area contributed by atoms with Crippen molar-refractivity contribution >= 4 is 22.2 Å². The molecule has 15 heavy (non-hydrogen) atoms. The topological polar surface area (TPSA) is 46.5 Å². The van der Waals surface area contributed by atoms with Gasteiger partial charge in [0, 0.05) is 0 Å². The number of hydrogen-bond donors (Lipinski definition) is 1. The molecule has 0 saturated heterocycles. The van der Waals surface area contributed by atoms with E-state index in [1.165, 1.54) is 0 Å². The molecule has 82 valence electrons. The molecule has 1 aromatic carbocycles. The average Bonchev–Trinajstić information content (AvgIpc) is 2.19. The van der Waals surface area contributed by atoms with Crippen LogP contribution in [0.15, 0.2) is 16.6 Å². The molecule has 0 aliphatic carbocycles. The Hall–Kier alpha value is -0.870. The van der Waals surface area contributed by atoms with Crippen molar-refractivity contribution in [1.29, 1.82) is 0 Å². The third-order valence-corrected chi connectivity index (χ3v) is 2.47. The van der Waals surface area contributed by atoms with Gasteiger partial charge in [-0.2, -0.15) is 0 Å². The first kappa shape index (κ1) is 12.2. The van der Waals surface area contributed by atoms with E-state index in [0.717, 1.165) is 5.56 Å². The normalized spacial score (nSPS) is 10.7. The highest BCUT2D eigenvalue weighted by molar-refractivity contribution is 9.10. The first-order chi connectivity index (χ1) is 7.04. The minimum Gasteiger partial charge on any atom is -0.506 e. The van der Waals surface area contributed by atoms with Crippen LogP contribution in [0.3, 0.4) is 0 Å². The second-order valence-electron chi connectivity index (χ2n) is 3.49. The predicted octanol–water partition coefficient (Wildman–Crippen LogP) is 2.89. The van der Waals surface area contributed by atoms with Crippen LogP contribution in [-0.4, -0.2) is 17.5 Å². The Morgan fingerprint density at radius 1 is 1.53 bits per heavy atom. The van der Waals surface area contributed by atoms with Crippen molar-refractivity contribution < 1.29 is 14.6 Å². The van der Waals surface area contributed by atoms with Crippen molar-refractivity contribution in [3.8, 4) is 5.75 Å². The van der Waals surface area contributed by atoms with Gasteiger partial charge < -0.3 is 9.84 Å². The van der Waals surface area contributed by atoms with Crippen LogP contribution in [0.5, 0.6) is 5.75 Å². The lowest BCUT2D eigenvalue weighted by Gasteiger charge is -2.09. The van der Waals surface area contributed by atoms with E-state index in [1.54, 1.807) is 12.1 Å². The summed E-state index contributed by atoms with van der Waals surface area (Å²) >= 11 is 3.18. The zero-order valence-electron chi connectivity index (χ0n) is 8.66. The molecule has 0 heterocycles. The largest absolute Gasteiger partial charge is 0.506 e. The smallest absolute Gasteiger partial charge is 0.153 e. The molecule has 0 aliphatic rings. The number of phenols is 1. The highest BCUT2D eigenvalue weighted by Gasteiger charge is 2.07. The van der Waals surface area contributed by atoms with Gasteiger partial charge in [-0.1, -0.05) is 0 Å². The number of aldehydes is 1. The molecule has 1 N–H and O–H groups in total. The van der Waals surface area contributed by atoms with Crippen LogP contribution >= 0.6 is 15.9 Å². The van der Waals surface area contributed by atoms with Gasteiger partial charge in [0.1, 0.15) is 5.75 Å². The van der Waals surface area contributed by atoms with Gasteiger partial charge in [-0.15, -0.1) is 0 Å². The fraction of sp³-hybridized carbons (Fsp3) is 0.364. The third-order valence-electron chi connectivity index (χ3n) is 1.86. The number of benzene rings is 1. The zero-order valence-corrected chi connectivity index (χ0v) is 10.2. The van der Waals surface area contributed by atoms with Crippen LogP contribution in [0.25, 0.3) is 0 Å². The Labute approximate surface area is 97.2 Å².